The van der Waals surface area contributed by atoms with Crippen molar-refractivity contribution in [3.8, 4) is 17.3 Å². The summed E-state index contributed by atoms with van der Waals surface area (Å²) in [6.07, 6.45) is 4.42. The van der Waals surface area contributed by atoms with Gasteiger partial charge in [0, 0.05) is 30.6 Å². The van der Waals surface area contributed by atoms with Crippen LogP contribution in [0.4, 0.5) is 10.6 Å². The lowest BCUT2D eigenvalue weighted by Gasteiger charge is -2.11. The zero-order valence-corrected chi connectivity index (χ0v) is 19.6. The molecule has 3 heterocycles. The number of anilines is 1. The van der Waals surface area contributed by atoms with E-state index >= 15 is 0 Å². The van der Waals surface area contributed by atoms with Gasteiger partial charge in [-0.05, 0) is 49.2 Å². The van der Waals surface area contributed by atoms with Crippen molar-refractivity contribution in [3.05, 3.63) is 89.4 Å². The normalized spacial score (nSPS) is 10.9. The molecule has 0 radical (unpaired) electrons. The van der Waals surface area contributed by atoms with E-state index < -0.39 is 11.9 Å². The molecule has 0 aliphatic heterocycles. The van der Waals surface area contributed by atoms with Gasteiger partial charge in [0.2, 0.25) is 0 Å². The number of carbonyl (C=O) groups excluding carboxylic acids is 2. The number of rotatable bonds is 7. The molecular weight excluding hydrogens is 460 g/mol. The Bertz CT molecular complexity index is 1400. The second kappa shape index (κ2) is 11.0. The van der Waals surface area contributed by atoms with Crippen LogP contribution in [-0.4, -0.2) is 41.9 Å². The van der Waals surface area contributed by atoms with Gasteiger partial charge in [0.05, 0.1) is 5.69 Å². The quantitative estimate of drug-likeness (QED) is 0.179. The highest BCUT2D eigenvalue weighted by atomic mass is 16.5. The molecule has 11 heteroatoms. The Morgan fingerprint density at radius 2 is 1.86 bits per heavy atom. The van der Waals surface area contributed by atoms with Crippen LogP contribution in [-0.2, 0) is 11.3 Å². The number of nitrogens with one attached hydrogen (secondary N) is 3. The van der Waals surface area contributed by atoms with Crippen LogP contribution >= 0.6 is 0 Å². The van der Waals surface area contributed by atoms with Crippen molar-refractivity contribution >= 4 is 23.8 Å². The third-order valence-corrected chi connectivity index (χ3v) is 5.04. The fourth-order valence-corrected chi connectivity index (χ4v) is 3.38. The largest absolute Gasteiger partial charge is 0.334 e. The van der Waals surface area contributed by atoms with Gasteiger partial charge in [0.25, 0.3) is 5.91 Å². The van der Waals surface area contributed by atoms with E-state index in [2.05, 4.69) is 30.7 Å². The average Bonchev–Trinajstić information content (AvgIpc) is 3.24. The summed E-state index contributed by atoms with van der Waals surface area (Å²) in [6.45, 7) is 4.09. The minimum atomic E-state index is -0.616. The monoisotopic (exact) mass is 484 g/mol. The van der Waals surface area contributed by atoms with Gasteiger partial charge in [-0.1, -0.05) is 30.3 Å². The second-order valence-corrected chi connectivity index (χ2v) is 7.85. The fourth-order valence-electron chi connectivity index (χ4n) is 3.38. The average molecular weight is 485 g/mol. The molecule has 3 aromatic heterocycles. The molecule has 3 amide bonds. The van der Waals surface area contributed by atoms with Crippen molar-refractivity contribution < 1.29 is 14.8 Å². The number of nitrogens with zero attached hydrogens (tertiary/aromatic N) is 5. The van der Waals surface area contributed by atoms with Crippen LogP contribution in [0.25, 0.3) is 23.4 Å². The van der Waals surface area contributed by atoms with Crippen LogP contribution < -0.4 is 16.1 Å². The van der Waals surface area contributed by atoms with Gasteiger partial charge in [0.15, 0.2) is 11.6 Å². The minimum absolute atomic E-state index is 0.273. The van der Waals surface area contributed by atoms with E-state index in [9.17, 15) is 9.59 Å². The van der Waals surface area contributed by atoms with Crippen molar-refractivity contribution in [2.24, 2.45) is 0 Å². The maximum Gasteiger partial charge on any atom is 0.320 e. The first kappa shape index (κ1) is 24.2. The summed E-state index contributed by atoms with van der Waals surface area (Å²) < 4.78 is 1.69. The van der Waals surface area contributed by atoms with E-state index in [1.807, 2.05) is 38.1 Å². The lowest BCUT2D eigenvalue weighted by molar-refractivity contribution is -0.124. The summed E-state index contributed by atoms with van der Waals surface area (Å²) >= 11 is 0. The van der Waals surface area contributed by atoms with E-state index in [-0.39, 0.29) is 6.54 Å². The van der Waals surface area contributed by atoms with E-state index in [1.165, 1.54) is 11.6 Å². The fraction of sp³-hybridized carbons (Fsp3) is 0.120. The summed E-state index contributed by atoms with van der Waals surface area (Å²) in [5.41, 5.74) is 5.46. The summed E-state index contributed by atoms with van der Waals surface area (Å²) in [4.78, 5) is 37.1. The van der Waals surface area contributed by atoms with Gasteiger partial charge in [-0.2, -0.15) is 5.10 Å². The first-order chi connectivity index (χ1) is 17.4. The Hall–Kier alpha value is -4.90. The molecule has 4 aromatic rings. The molecule has 0 spiro atoms. The van der Waals surface area contributed by atoms with Crippen LogP contribution in [0.1, 0.15) is 22.5 Å². The van der Waals surface area contributed by atoms with Crippen molar-refractivity contribution in [2.75, 3.05) is 5.32 Å². The van der Waals surface area contributed by atoms with Gasteiger partial charge in [-0.3, -0.25) is 20.3 Å². The molecule has 11 nitrogen and oxygen atoms in total. The van der Waals surface area contributed by atoms with Crippen LogP contribution in [0.3, 0.4) is 0 Å². The summed E-state index contributed by atoms with van der Waals surface area (Å²) in [7, 11) is 0. The molecule has 0 atom stereocenters. The van der Waals surface area contributed by atoms with Crippen LogP contribution in [0.5, 0.6) is 0 Å². The van der Waals surface area contributed by atoms with E-state index in [1.54, 1.807) is 47.3 Å². The molecule has 182 valence electrons. The highest BCUT2D eigenvalue weighted by Crippen LogP contribution is 2.19. The van der Waals surface area contributed by atoms with Crippen LogP contribution in [0.15, 0.2) is 66.9 Å². The summed E-state index contributed by atoms with van der Waals surface area (Å²) in [6, 6.07) is 15.8. The van der Waals surface area contributed by atoms with Crippen LogP contribution in [0, 0.1) is 13.8 Å². The Balaban J connectivity index is 1.48. The first-order valence-electron chi connectivity index (χ1n) is 11.0. The number of benzene rings is 1. The molecule has 0 aliphatic rings. The van der Waals surface area contributed by atoms with Gasteiger partial charge >= 0.3 is 6.03 Å². The topological polar surface area (TPSA) is 147 Å². The third-order valence-electron chi connectivity index (χ3n) is 5.04. The molecule has 4 rings (SSSR count). The smallest absolute Gasteiger partial charge is 0.320 e. The predicted molar refractivity (Wildman–Crippen MR) is 133 cm³/mol. The molecule has 0 fully saturated rings. The second-order valence-electron chi connectivity index (χ2n) is 7.85. The van der Waals surface area contributed by atoms with E-state index in [0.717, 1.165) is 22.5 Å². The molecule has 36 heavy (non-hydrogen) atoms. The van der Waals surface area contributed by atoms with Gasteiger partial charge in [0.1, 0.15) is 11.5 Å². The molecule has 4 N–H and O–H groups in total. The number of pyridine rings is 1. The zero-order chi connectivity index (χ0) is 25.5. The number of hydroxylamine groups is 1. The summed E-state index contributed by atoms with van der Waals surface area (Å²) in [5.74, 6) is 0.544. The highest BCUT2D eigenvalue weighted by Gasteiger charge is 2.13. The number of aromatic nitrogens is 5. The molecule has 0 aliphatic carbocycles. The number of hydrogen-bond donors (Lipinski definition) is 4. The number of carbonyl (C=O) groups is 2. The minimum Gasteiger partial charge on any atom is -0.334 e. The molecule has 0 unspecified atom stereocenters. The molecule has 1 aromatic carbocycles. The highest BCUT2D eigenvalue weighted by molar-refractivity contribution is 5.91. The number of amides is 3. The third kappa shape index (κ3) is 6.15. The number of urea groups is 1. The van der Waals surface area contributed by atoms with Gasteiger partial charge in [-0.15, -0.1) is 0 Å². The lowest BCUT2D eigenvalue weighted by atomic mass is 10.1. The van der Waals surface area contributed by atoms with Crippen molar-refractivity contribution in [1.82, 2.24) is 35.5 Å². The lowest BCUT2D eigenvalue weighted by Crippen LogP contribution is -2.28. The van der Waals surface area contributed by atoms with E-state index in [0.29, 0.717) is 23.2 Å². The van der Waals surface area contributed by atoms with Crippen molar-refractivity contribution in [2.45, 2.75) is 20.4 Å². The zero-order valence-electron chi connectivity index (χ0n) is 19.6. The Kier molecular flexibility index (Phi) is 7.42. The van der Waals surface area contributed by atoms with Crippen LogP contribution in [0.2, 0.25) is 0 Å². The molecule has 0 saturated carbocycles. The van der Waals surface area contributed by atoms with E-state index in [4.69, 9.17) is 5.21 Å². The van der Waals surface area contributed by atoms with Crippen molar-refractivity contribution in [3.63, 3.8) is 0 Å². The molecule has 0 saturated heterocycles. The summed E-state index contributed by atoms with van der Waals surface area (Å²) in [5, 5.41) is 18.6. The maximum atomic E-state index is 12.6. The van der Waals surface area contributed by atoms with Gasteiger partial charge in [-0.25, -0.2) is 24.9 Å². The standard InChI is InChI=1S/C25H24N8O3/c1-16-13-17(2)33(31-16)22-14-21(28-24(30-22)20-5-3-4-12-26-20)29-25(35)27-15-19-8-6-18(7-9-19)10-11-23(34)32-36/h3-14,36H,15H2,1-2H3,(H,32,34)(H2,27,28,29,30,35)/b11-10+. The Morgan fingerprint density at radius 3 is 2.53 bits per heavy atom. The maximum absolute atomic E-state index is 12.6. The number of aryl methyl sites for hydroxylation is 2. The Morgan fingerprint density at radius 1 is 1.06 bits per heavy atom. The predicted octanol–water partition coefficient (Wildman–Crippen LogP) is 3.18. The number of hydrogen-bond acceptors (Lipinski definition) is 7. The molecule has 0 bridgehead atoms. The first-order valence-corrected chi connectivity index (χ1v) is 11.0. The van der Waals surface area contributed by atoms with Crippen molar-refractivity contribution in [1.29, 1.82) is 0 Å². The van der Waals surface area contributed by atoms with Gasteiger partial charge < -0.3 is 5.32 Å². The SMILES string of the molecule is Cc1cc(C)n(-c2cc(NC(=O)NCc3ccc(/C=C/C(=O)NO)cc3)nc(-c3ccccn3)n2)n1. The Labute approximate surface area is 206 Å². The molecular formula is C25H24N8O3.